The second-order valence-corrected chi connectivity index (χ2v) is 5.27. The van der Waals surface area contributed by atoms with Crippen LogP contribution in [0.4, 0.5) is 0 Å². The summed E-state index contributed by atoms with van der Waals surface area (Å²) in [6.07, 6.45) is 2.27. The van der Waals surface area contributed by atoms with Gasteiger partial charge in [0.25, 0.3) is 0 Å². The smallest absolute Gasteiger partial charge is 0.0469 e. The van der Waals surface area contributed by atoms with Gasteiger partial charge in [-0.3, -0.25) is 0 Å². The SMILES string of the molecule is Ic1ccc2c3c([nH]c2c1)CCNCC3. The van der Waals surface area contributed by atoms with Crippen molar-refractivity contribution in [1.82, 2.24) is 10.3 Å². The quantitative estimate of drug-likeness (QED) is 0.719. The molecule has 2 aromatic rings. The predicted molar refractivity (Wildman–Crippen MR) is 71.3 cm³/mol. The number of rotatable bonds is 0. The summed E-state index contributed by atoms with van der Waals surface area (Å²) in [7, 11) is 0. The highest BCUT2D eigenvalue weighted by molar-refractivity contribution is 14.1. The fourth-order valence-electron chi connectivity index (χ4n) is 2.33. The van der Waals surface area contributed by atoms with E-state index >= 15 is 0 Å². The average molecular weight is 312 g/mol. The summed E-state index contributed by atoms with van der Waals surface area (Å²) in [6.45, 7) is 2.20. The van der Waals surface area contributed by atoms with E-state index in [-0.39, 0.29) is 0 Å². The molecule has 0 saturated heterocycles. The number of fused-ring (bicyclic) bond motifs is 3. The van der Waals surface area contributed by atoms with E-state index in [1.807, 2.05) is 0 Å². The molecule has 0 radical (unpaired) electrons. The lowest BCUT2D eigenvalue weighted by molar-refractivity contribution is 0.708. The third kappa shape index (κ3) is 1.67. The fraction of sp³-hybridized carbons (Fsp3) is 0.333. The highest BCUT2D eigenvalue weighted by Crippen LogP contribution is 2.25. The molecule has 0 spiro atoms. The van der Waals surface area contributed by atoms with Crippen molar-refractivity contribution in [1.29, 1.82) is 0 Å². The van der Waals surface area contributed by atoms with Crippen LogP contribution in [0.15, 0.2) is 18.2 Å². The summed E-state index contributed by atoms with van der Waals surface area (Å²) in [5, 5.41) is 4.85. The van der Waals surface area contributed by atoms with E-state index in [0.29, 0.717) is 0 Å². The molecule has 3 rings (SSSR count). The summed E-state index contributed by atoms with van der Waals surface area (Å²) >= 11 is 2.36. The Hall–Kier alpha value is -0.550. The number of H-pyrrole nitrogens is 1. The van der Waals surface area contributed by atoms with Crippen molar-refractivity contribution in [3.05, 3.63) is 33.0 Å². The van der Waals surface area contributed by atoms with Crippen molar-refractivity contribution in [2.24, 2.45) is 0 Å². The van der Waals surface area contributed by atoms with Crippen molar-refractivity contribution in [2.45, 2.75) is 12.8 Å². The van der Waals surface area contributed by atoms with Crippen LogP contribution < -0.4 is 5.32 Å². The molecule has 0 fully saturated rings. The van der Waals surface area contributed by atoms with E-state index in [1.54, 1.807) is 0 Å². The van der Waals surface area contributed by atoms with Crippen LogP contribution in [0.3, 0.4) is 0 Å². The molecule has 2 N–H and O–H groups in total. The van der Waals surface area contributed by atoms with Gasteiger partial charge in [-0.05, 0) is 53.3 Å². The topological polar surface area (TPSA) is 27.8 Å². The first-order chi connectivity index (χ1) is 7.34. The standard InChI is InChI=1S/C12H13IN2/c13-8-1-2-9-10-3-5-14-6-4-11(10)15-12(9)7-8/h1-2,7,14-15H,3-6H2. The molecule has 78 valence electrons. The Kier molecular flexibility index (Phi) is 2.44. The molecule has 0 bridgehead atoms. The van der Waals surface area contributed by atoms with Gasteiger partial charge >= 0.3 is 0 Å². The molecule has 3 heteroatoms. The molecule has 0 atom stereocenters. The monoisotopic (exact) mass is 312 g/mol. The minimum Gasteiger partial charge on any atom is -0.358 e. The largest absolute Gasteiger partial charge is 0.358 e. The average Bonchev–Trinajstić information content (AvgIpc) is 2.42. The van der Waals surface area contributed by atoms with Crippen LogP contribution >= 0.6 is 22.6 Å². The molecular weight excluding hydrogens is 299 g/mol. The zero-order chi connectivity index (χ0) is 10.3. The Balaban J connectivity index is 2.23. The number of hydrogen-bond donors (Lipinski definition) is 2. The number of aromatic nitrogens is 1. The summed E-state index contributed by atoms with van der Waals surface area (Å²) in [4.78, 5) is 3.55. The van der Waals surface area contributed by atoms with Gasteiger partial charge in [0, 0.05) is 33.1 Å². The molecular formula is C12H13IN2. The molecule has 0 amide bonds. The lowest BCUT2D eigenvalue weighted by atomic mass is 10.1. The van der Waals surface area contributed by atoms with Crippen LogP contribution in [0, 0.1) is 3.57 Å². The van der Waals surface area contributed by atoms with E-state index in [2.05, 4.69) is 51.1 Å². The van der Waals surface area contributed by atoms with Crippen LogP contribution in [0.25, 0.3) is 10.9 Å². The van der Waals surface area contributed by atoms with Gasteiger partial charge in [0.15, 0.2) is 0 Å². The molecule has 1 aliphatic rings. The molecule has 2 heterocycles. The highest BCUT2D eigenvalue weighted by Gasteiger charge is 2.13. The van der Waals surface area contributed by atoms with Gasteiger partial charge in [0.05, 0.1) is 0 Å². The summed E-state index contributed by atoms with van der Waals surface area (Å²) in [6, 6.07) is 6.67. The van der Waals surface area contributed by atoms with E-state index in [4.69, 9.17) is 0 Å². The molecule has 15 heavy (non-hydrogen) atoms. The predicted octanol–water partition coefficient (Wildman–Crippen LogP) is 2.46. The van der Waals surface area contributed by atoms with Gasteiger partial charge in [-0.15, -0.1) is 0 Å². The fourth-order valence-corrected chi connectivity index (χ4v) is 2.83. The molecule has 1 aliphatic heterocycles. The lowest BCUT2D eigenvalue weighted by Crippen LogP contribution is -2.16. The first-order valence-corrected chi connectivity index (χ1v) is 6.42. The number of nitrogens with one attached hydrogen (secondary N) is 2. The van der Waals surface area contributed by atoms with Gasteiger partial charge in [0.2, 0.25) is 0 Å². The second-order valence-electron chi connectivity index (χ2n) is 4.02. The molecule has 1 aromatic carbocycles. The Morgan fingerprint density at radius 1 is 1.13 bits per heavy atom. The normalized spacial score (nSPS) is 16.3. The van der Waals surface area contributed by atoms with Gasteiger partial charge in [-0.2, -0.15) is 0 Å². The molecule has 0 aliphatic carbocycles. The second kappa shape index (κ2) is 3.79. The van der Waals surface area contributed by atoms with Crippen LogP contribution in [-0.2, 0) is 12.8 Å². The maximum Gasteiger partial charge on any atom is 0.0469 e. The van der Waals surface area contributed by atoms with Crippen molar-refractivity contribution in [3.63, 3.8) is 0 Å². The zero-order valence-electron chi connectivity index (χ0n) is 8.44. The van der Waals surface area contributed by atoms with Crippen molar-refractivity contribution in [2.75, 3.05) is 13.1 Å². The van der Waals surface area contributed by atoms with Crippen LogP contribution in [-0.4, -0.2) is 18.1 Å². The number of benzene rings is 1. The Morgan fingerprint density at radius 3 is 2.93 bits per heavy atom. The minimum absolute atomic E-state index is 1.09. The van der Waals surface area contributed by atoms with Crippen molar-refractivity contribution >= 4 is 33.5 Å². The summed E-state index contributed by atoms with van der Waals surface area (Å²) in [5.41, 5.74) is 4.25. The Labute approximate surface area is 103 Å². The first-order valence-electron chi connectivity index (χ1n) is 5.34. The Bertz CT molecular complexity index is 502. The first kappa shape index (κ1) is 9.66. The Morgan fingerprint density at radius 2 is 2.00 bits per heavy atom. The van der Waals surface area contributed by atoms with Gasteiger partial charge in [-0.1, -0.05) is 6.07 Å². The van der Waals surface area contributed by atoms with E-state index in [9.17, 15) is 0 Å². The summed E-state index contributed by atoms with van der Waals surface area (Å²) < 4.78 is 1.30. The number of aromatic amines is 1. The maximum atomic E-state index is 3.55. The number of hydrogen-bond acceptors (Lipinski definition) is 1. The van der Waals surface area contributed by atoms with Crippen LogP contribution in [0.1, 0.15) is 11.3 Å². The molecule has 1 aromatic heterocycles. The molecule has 2 nitrogen and oxygen atoms in total. The van der Waals surface area contributed by atoms with E-state index < -0.39 is 0 Å². The van der Waals surface area contributed by atoms with Gasteiger partial charge in [0.1, 0.15) is 0 Å². The minimum atomic E-state index is 1.09. The van der Waals surface area contributed by atoms with Gasteiger partial charge in [-0.25, -0.2) is 0 Å². The van der Waals surface area contributed by atoms with Crippen LogP contribution in [0.5, 0.6) is 0 Å². The molecule has 0 unspecified atom stereocenters. The maximum absolute atomic E-state index is 3.55. The van der Waals surface area contributed by atoms with E-state index in [1.165, 1.54) is 25.7 Å². The zero-order valence-corrected chi connectivity index (χ0v) is 10.6. The number of halogens is 1. The molecule has 0 saturated carbocycles. The van der Waals surface area contributed by atoms with Gasteiger partial charge < -0.3 is 10.3 Å². The van der Waals surface area contributed by atoms with Crippen LogP contribution in [0.2, 0.25) is 0 Å². The summed E-state index contributed by atoms with van der Waals surface area (Å²) in [5.74, 6) is 0. The highest BCUT2D eigenvalue weighted by atomic mass is 127. The van der Waals surface area contributed by atoms with E-state index in [0.717, 1.165) is 25.9 Å². The lowest BCUT2D eigenvalue weighted by Gasteiger charge is -1.98. The van der Waals surface area contributed by atoms with Crippen molar-refractivity contribution < 1.29 is 0 Å². The third-order valence-corrected chi connectivity index (χ3v) is 3.73. The third-order valence-electron chi connectivity index (χ3n) is 3.06. The van der Waals surface area contributed by atoms with Crippen molar-refractivity contribution in [3.8, 4) is 0 Å².